The summed E-state index contributed by atoms with van der Waals surface area (Å²) in [5.74, 6) is -0.392. The molecular weight excluding hydrogens is 248 g/mol. The maximum atomic E-state index is 11.8. The lowest BCUT2D eigenvalue weighted by Crippen LogP contribution is -2.41. The Kier molecular flexibility index (Phi) is 5.15. The van der Waals surface area contributed by atoms with E-state index in [0.29, 0.717) is 12.8 Å². The van der Waals surface area contributed by atoms with E-state index in [0.717, 1.165) is 45.9 Å². The summed E-state index contributed by atoms with van der Waals surface area (Å²) in [6.07, 6.45) is 1.28. The van der Waals surface area contributed by atoms with Crippen molar-refractivity contribution in [2.24, 2.45) is 5.92 Å². The number of hydrogen-bond donors (Lipinski definition) is 1. The second kappa shape index (κ2) is 6.86. The van der Waals surface area contributed by atoms with Gasteiger partial charge in [0.1, 0.15) is 0 Å². The topological polar surface area (TPSA) is 70.1 Å². The number of ether oxygens (including phenoxy) is 1. The molecule has 1 N–H and O–H groups in total. The fraction of sp³-hybridized carbons (Fsp3) is 0.846. The molecule has 0 aromatic carbocycles. The van der Waals surface area contributed by atoms with Gasteiger partial charge in [0.05, 0.1) is 13.2 Å². The number of rotatable bonds is 6. The molecule has 0 aromatic heterocycles. The summed E-state index contributed by atoms with van der Waals surface area (Å²) in [5, 5.41) is 8.66. The quantitative estimate of drug-likeness (QED) is 0.737. The van der Waals surface area contributed by atoms with E-state index in [4.69, 9.17) is 9.84 Å². The Hall–Kier alpha value is -1.14. The molecule has 0 bridgehead atoms. The molecule has 1 amide bonds. The van der Waals surface area contributed by atoms with Crippen LogP contribution in [0.3, 0.4) is 0 Å². The molecule has 2 saturated heterocycles. The summed E-state index contributed by atoms with van der Waals surface area (Å²) in [5.41, 5.74) is 0. The zero-order valence-corrected chi connectivity index (χ0v) is 11.2. The Morgan fingerprint density at radius 3 is 2.74 bits per heavy atom. The van der Waals surface area contributed by atoms with Crippen molar-refractivity contribution in [2.75, 3.05) is 45.9 Å². The van der Waals surface area contributed by atoms with Gasteiger partial charge in [0.25, 0.3) is 0 Å². The van der Waals surface area contributed by atoms with Crippen molar-refractivity contribution < 1.29 is 19.4 Å². The van der Waals surface area contributed by atoms with Crippen molar-refractivity contribution in [3.05, 3.63) is 0 Å². The second-order valence-corrected chi connectivity index (χ2v) is 5.30. The van der Waals surface area contributed by atoms with E-state index in [9.17, 15) is 9.59 Å². The predicted molar refractivity (Wildman–Crippen MR) is 68.8 cm³/mol. The summed E-state index contributed by atoms with van der Waals surface area (Å²) < 4.78 is 5.29. The number of carboxylic acid groups (broad SMARTS) is 1. The Labute approximate surface area is 113 Å². The molecule has 2 fully saturated rings. The van der Waals surface area contributed by atoms with Crippen molar-refractivity contribution in [1.82, 2.24) is 9.80 Å². The average molecular weight is 270 g/mol. The number of carboxylic acids is 1. The molecule has 2 aliphatic heterocycles. The fourth-order valence-electron chi connectivity index (χ4n) is 2.68. The van der Waals surface area contributed by atoms with Crippen LogP contribution >= 0.6 is 0 Å². The summed E-state index contributed by atoms with van der Waals surface area (Å²) in [6.45, 7) is 5.78. The molecule has 0 aliphatic carbocycles. The summed E-state index contributed by atoms with van der Waals surface area (Å²) >= 11 is 0. The molecule has 2 heterocycles. The monoisotopic (exact) mass is 270 g/mol. The van der Waals surface area contributed by atoms with Crippen molar-refractivity contribution >= 4 is 11.9 Å². The van der Waals surface area contributed by atoms with Crippen LogP contribution in [0.25, 0.3) is 0 Å². The summed E-state index contributed by atoms with van der Waals surface area (Å²) in [7, 11) is 0. The number of hydrogen-bond acceptors (Lipinski definition) is 4. The molecule has 6 nitrogen and oxygen atoms in total. The fourth-order valence-corrected chi connectivity index (χ4v) is 2.68. The van der Waals surface area contributed by atoms with Crippen LogP contribution in [0.5, 0.6) is 0 Å². The number of amides is 1. The number of carbonyl (C=O) groups excluding carboxylic acids is 1. The van der Waals surface area contributed by atoms with Crippen LogP contribution in [0, 0.1) is 5.92 Å². The zero-order valence-electron chi connectivity index (χ0n) is 11.2. The van der Waals surface area contributed by atoms with Gasteiger partial charge in [-0.05, 0) is 12.3 Å². The smallest absolute Gasteiger partial charge is 0.303 e. The first-order chi connectivity index (χ1) is 9.15. The third-order valence-corrected chi connectivity index (χ3v) is 3.85. The lowest BCUT2D eigenvalue weighted by molar-refractivity contribution is -0.137. The van der Waals surface area contributed by atoms with Gasteiger partial charge in [-0.2, -0.15) is 0 Å². The normalized spacial score (nSPS) is 24.9. The standard InChI is InChI=1S/C13H22N2O4/c16-12-9-11(1-2-13(17)18)10-15(12)4-3-14-5-7-19-8-6-14/h11H,1-10H2,(H,17,18). The van der Waals surface area contributed by atoms with E-state index in [-0.39, 0.29) is 18.2 Å². The molecule has 19 heavy (non-hydrogen) atoms. The molecule has 0 aromatic rings. The Balaban J connectivity index is 1.69. The molecule has 1 unspecified atom stereocenters. The highest BCUT2D eigenvalue weighted by molar-refractivity contribution is 5.78. The van der Waals surface area contributed by atoms with E-state index >= 15 is 0 Å². The van der Waals surface area contributed by atoms with Crippen LogP contribution < -0.4 is 0 Å². The van der Waals surface area contributed by atoms with Crippen LogP contribution in [0.4, 0.5) is 0 Å². The van der Waals surface area contributed by atoms with Crippen molar-refractivity contribution in [1.29, 1.82) is 0 Å². The van der Waals surface area contributed by atoms with Gasteiger partial charge in [0, 0.05) is 45.6 Å². The molecular formula is C13H22N2O4. The van der Waals surface area contributed by atoms with Gasteiger partial charge in [-0.3, -0.25) is 14.5 Å². The van der Waals surface area contributed by atoms with Crippen LogP contribution in [-0.2, 0) is 14.3 Å². The molecule has 0 radical (unpaired) electrons. The number of likely N-dealkylation sites (tertiary alicyclic amines) is 1. The third kappa shape index (κ3) is 4.47. The molecule has 0 spiro atoms. The Bertz CT molecular complexity index is 329. The minimum absolute atomic E-state index is 0.162. The van der Waals surface area contributed by atoms with Gasteiger partial charge >= 0.3 is 5.97 Å². The van der Waals surface area contributed by atoms with Crippen molar-refractivity contribution in [3.8, 4) is 0 Å². The first-order valence-corrected chi connectivity index (χ1v) is 6.95. The average Bonchev–Trinajstić information content (AvgIpc) is 2.76. The van der Waals surface area contributed by atoms with E-state index in [2.05, 4.69) is 4.90 Å². The molecule has 2 rings (SSSR count). The van der Waals surface area contributed by atoms with Gasteiger partial charge in [-0.1, -0.05) is 0 Å². The maximum Gasteiger partial charge on any atom is 0.303 e. The molecule has 0 saturated carbocycles. The van der Waals surface area contributed by atoms with Crippen molar-refractivity contribution in [3.63, 3.8) is 0 Å². The van der Waals surface area contributed by atoms with Gasteiger partial charge < -0.3 is 14.7 Å². The van der Waals surface area contributed by atoms with Crippen LogP contribution in [0.1, 0.15) is 19.3 Å². The molecule has 108 valence electrons. The molecule has 2 aliphatic rings. The first-order valence-electron chi connectivity index (χ1n) is 6.95. The molecule has 1 atom stereocenters. The van der Waals surface area contributed by atoms with E-state index in [1.807, 2.05) is 4.90 Å². The maximum absolute atomic E-state index is 11.8. The van der Waals surface area contributed by atoms with Gasteiger partial charge in [0.15, 0.2) is 0 Å². The highest BCUT2D eigenvalue weighted by atomic mass is 16.5. The van der Waals surface area contributed by atoms with Crippen LogP contribution in [-0.4, -0.2) is 72.7 Å². The lowest BCUT2D eigenvalue weighted by atomic mass is 10.0. The van der Waals surface area contributed by atoms with E-state index in [1.165, 1.54) is 0 Å². The highest BCUT2D eigenvalue weighted by Crippen LogP contribution is 2.22. The summed E-state index contributed by atoms with van der Waals surface area (Å²) in [6, 6.07) is 0. The van der Waals surface area contributed by atoms with E-state index < -0.39 is 5.97 Å². The minimum atomic E-state index is -0.779. The Morgan fingerprint density at radius 1 is 1.32 bits per heavy atom. The van der Waals surface area contributed by atoms with Gasteiger partial charge in [-0.15, -0.1) is 0 Å². The SMILES string of the molecule is O=C(O)CCC1CC(=O)N(CCN2CCOCC2)C1. The van der Waals surface area contributed by atoms with Gasteiger partial charge in [-0.25, -0.2) is 0 Å². The van der Waals surface area contributed by atoms with Gasteiger partial charge in [0.2, 0.25) is 5.91 Å². The first kappa shape index (κ1) is 14.3. The predicted octanol–water partition coefficient (Wildman–Crippen LogP) is 0.0319. The van der Waals surface area contributed by atoms with E-state index in [1.54, 1.807) is 0 Å². The number of carbonyl (C=O) groups is 2. The highest BCUT2D eigenvalue weighted by Gasteiger charge is 2.29. The van der Waals surface area contributed by atoms with Crippen LogP contribution in [0.2, 0.25) is 0 Å². The second-order valence-electron chi connectivity index (χ2n) is 5.30. The summed E-state index contributed by atoms with van der Waals surface area (Å²) in [4.78, 5) is 26.6. The molecule has 6 heteroatoms. The van der Waals surface area contributed by atoms with Crippen LogP contribution in [0.15, 0.2) is 0 Å². The number of nitrogens with zero attached hydrogens (tertiary/aromatic N) is 2. The zero-order chi connectivity index (χ0) is 13.7. The number of morpholine rings is 1. The van der Waals surface area contributed by atoms with Crippen molar-refractivity contribution in [2.45, 2.75) is 19.3 Å². The Morgan fingerprint density at radius 2 is 2.05 bits per heavy atom. The number of aliphatic carboxylic acids is 1. The lowest BCUT2D eigenvalue weighted by Gasteiger charge is -2.28. The third-order valence-electron chi connectivity index (χ3n) is 3.85. The largest absolute Gasteiger partial charge is 0.481 e. The minimum Gasteiger partial charge on any atom is -0.481 e.